The molecule has 1 N–H and O–H groups in total. The Balaban J connectivity index is 2.07. The first-order valence-corrected chi connectivity index (χ1v) is 8.12. The number of likely N-dealkylation sites (tertiary alicyclic amines) is 1. The molecule has 1 aliphatic heterocycles. The van der Waals surface area contributed by atoms with Crippen LogP contribution < -0.4 is 0 Å². The summed E-state index contributed by atoms with van der Waals surface area (Å²) in [4.78, 5) is 24.7. The number of amides is 1. The second-order valence-corrected chi connectivity index (χ2v) is 7.16. The van der Waals surface area contributed by atoms with E-state index in [1.165, 1.54) is 17.0 Å². The van der Waals surface area contributed by atoms with Gasteiger partial charge in [0.05, 0.1) is 5.56 Å². The molecule has 1 heterocycles. The first-order valence-electron chi connectivity index (χ1n) is 8.12. The minimum absolute atomic E-state index is 0.0648. The Hall–Kier alpha value is -2.11. The first kappa shape index (κ1) is 18.2. The molecule has 0 spiro atoms. The zero-order valence-corrected chi connectivity index (χ0v) is 14.3. The lowest BCUT2D eigenvalue weighted by Crippen LogP contribution is -2.43. The fourth-order valence-corrected chi connectivity index (χ4v) is 2.86. The van der Waals surface area contributed by atoms with Crippen molar-refractivity contribution in [3.8, 4) is 0 Å². The topological polar surface area (TPSA) is 66.8 Å². The Morgan fingerprint density at radius 3 is 2.71 bits per heavy atom. The van der Waals surface area contributed by atoms with Gasteiger partial charge in [0.2, 0.25) is 0 Å². The summed E-state index contributed by atoms with van der Waals surface area (Å²) < 4.78 is 20.2. The van der Waals surface area contributed by atoms with Crippen LogP contribution in [0.25, 0.3) is 0 Å². The van der Waals surface area contributed by atoms with E-state index in [9.17, 15) is 14.0 Å². The number of piperidine rings is 1. The molecule has 1 saturated heterocycles. The van der Waals surface area contributed by atoms with Crippen molar-refractivity contribution >= 4 is 12.1 Å². The van der Waals surface area contributed by atoms with Crippen molar-refractivity contribution in [3.63, 3.8) is 0 Å². The second kappa shape index (κ2) is 7.20. The molecule has 0 bridgehead atoms. The second-order valence-electron chi connectivity index (χ2n) is 7.16. The quantitative estimate of drug-likeness (QED) is 0.904. The number of hydrogen-bond donors (Lipinski definition) is 1. The number of halogens is 1. The molecule has 5 nitrogen and oxygen atoms in total. The highest BCUT2D eigenvalue weighted by molar-refractivity contribution is 5.87. The van der Waals surface area contributed by atoms with Crippen LogP contribution in [-0.4, -0.2) is 40.8 Å². The van der Waals surface area contributed by atoms with Crippen LogP contribution >= 0.6 is 0 Å². The highest BCUT2D eigenvalue weighted by Gasteiger charge is 2.32. The van der Waals surface area contributed by atoms with Crippen LogP contribution in [-0.2, 0) is 4.74 Å². The van der Waals surface area contributed by atoms with Gasteiger partial charge in [0.1, 0.15) is 11.8 Å². The predicted octanol–water partition coefficient (Wildman–Crippen LogP) is 4.04. The van der Waals surface area contributed by atoms with Gasteiger partial charge in [-0.2, -0.15) is 0 Å². The number of carboxylic acids is 1. The number of carbonyl (C=O) groups is 2. The van der Waals surface area contributed by atoms with Gasteiger partial charge in [0.25, 0.3) is 0 Å². The molecular weight excluding hydrogens is 313 g/mol. The lowest BCUT2D eigenvalue weighted by atomic mass is 9.89. The smallest absolute Gasteiger partial charge is 0.410 e. The third-order valence-electron chi connectivity index (χ3n) is 3.98. The molecule has 2 unspecified atom stereocenters. The Bertz CT molecular complexity index is 611. The van der Waals surface area contributed by atoms with Crippen molar-refractivity contribution in [2.75, 3.05) is 13.1 Å². The number of benzene rings is 1. The van der Waals surface area contributed by atoms with E-state index in [1.54, 1.807) is 32.9 Å². The lowest BCUT2D eigenvalue weighted by Gasteiger charge is -2.35. The molecule has 1 amide bonds. The molecule has 0 aromatic heterocycles. The molecule has 1 aliphatic rings. The summed E-state index contributed by atoms with van der Waals surface area (Å²) >= 11 is 0. The molecule has 0 radical (unpaired) electrons. The van der Waals surface area contributed by atoms with Gasteiger partial charge in [-0.25, -0.2) is 14.0 Å². The number of ether oxygens (including phenoxy) is 1. The molecule has 1 fully saturated rings. The summed E-state index contributed by atoms with van der Waals surface area (Å²) in [5.74, 6) is -1.45. The van der Waals surface area contributed by atoms with E-state index in [4.69, 9.17) is 9.84 Å². The number of nitrogens with zero attached hydrogens (tertiary/aromatic N) is 1. The van der Waals surface area contributed by atoms with E-state index in [2.05, 4.69) is 0 Å². The molecule has 2 atom stereocenters. The maximum absolute atomic E-state index is 14.9. The minimum atomic E-state index is -1.31. The molecule has 0 saturated carbocycles. The molecular formula is C18H24FNO4. The number of rotatable bonds is 3. The summed E-state index contributed by atoms with van der Waals surface area (Å²) in [6, 6.07) is 5.93. The van der Waals surface area contributed by atoms with E-state index in [0.29, 0.717) is 24.9 Å². The van der Waals surface area contributed by atoms with Crippen LogP contribution in [0.2, 0.25) is 0 Å². The van der Waals surface area contributed by atoms with Crippen LogP contribution in [0.1, 0.15) is 55.7 Å². The SMILES string of the molecule is CC(C)(C)OC(=O)N1CCCC(C(F)c2cccc(C(=O)O)c2)C1. The van der Waals surface area contributed by atoms with E-state index in [1.807, 2.05) is 0 Å². The molecule has 24 heavy (non-hydrogen) atoms. The van der Waals surface area contributed by atoms with Gasteiger partial charge in [-0.1, -0.05) is 12.1 Å². The summed E-state index contributed by atoms with van der Waals surface area (Å²) in [5.41, 5.74) is -0.185. The maximum Gasteiger partial charge on any atom is 0.410 e. The average molecular weight is 337 g/mol. The van der Waals surface area contributed by atoms with Crippen molar-refractivity contribution in [3.05, 3.63) is 35.4 Å². The monoisotopic (exact) mass is 337 g/mol. The van der Waals surface area contributed by atoms with Crippen LogP contribution in [0, 0.1) is 5.92 Å². The molecule has 132 valence electrons. The maximum atomic E-state index is 14.9. The number of carboxylic acid groups (broad SMARTS) is 1. The third-order valence-corrected chi connectivity index (χ3v) is 3.98. The fourth-order valence-electron chi connectivity index (χ4n) is 2.86. The Morgan fingerprint density at radius 2 is 2.08 bits per heavy atom. The van der Waals surface area contributed by atoms with Crippen LogP contribution in [0.4, 0.5) is 9.18 Å². The van der Waals surface area contributed by atoms with Crippen molar-refractivity contribution in [1.29, 1.82) is 0 Å². The van der Waals surface area contributed by atoms with Crippen molar-refractivity contribution in [1.82, 2.24) is 4.90 Å². The van der Waals surface area contributed by atoms with E-state index in [-0.39, 0.29) is 18.0 Å². The van der Waals surface area contributed by atoms with E-state index < -0.39 is 23.8 Å². The standard InChI is InChI=1S/C18H24FNO4/c1-18(2,3)24-17(23)20-9-5-8-14(11-20)15(19)12-6-4-7-13(10-12)16(21)22/h4,6-7,10,14-15H,5,8-9,11H2,1-3H3,(H,21,22). The van der Waals surface area contributed by atoms with E-state index >= 15 is 0 Å². The van der Waals surface area contributed by atoms with Gasteiger partial charge in [0, 0.05) is 19.0 Å². The Morgan fingerprint density at radius 1 is 1.38 bits per heavy atom. The van der Waals surface area contributed by atoms with Gasteiger partial charge < -0.3 is 14.7 Å². The molecule has 0 aliphatic carbocycles. The predicted molar refractivity (Wildman–Crippen MR) is 87.8 cm³/mol. The zero-order chi connectivity index (χ0) is 17.9. The van der Waals surface area contributed by atoms with Gasteiger partial charge in [-0.05, 0) is 51.3 Å². The fraction of sp³-hybridized carbons (Fsp3) is 0.556. The average Bonchev–Trinajstić information content (AvgIpc) is 2.53. The van der Waals surface area contributed by atoms with Gasteiger partial charge in [-0.3, -0.25) is 0 Å². The highest BCUT2D eigenvalue weighted by Crippen LogP contribution is 2.33. The number of aromatic carboxylic acids is 1. The van der Waals surface area contributed by atoms with Gasteiger partial charge >= 0.3 is 12.1 Å². The third kappa shape index (κ3) is 4.69. The summed E-state index contributed by atoms with van der Waals surface area (Å²) in [6.45, 7) is 6.20. The highest BCUT2D eigenvalue weighted by atomic mass is 19.1. The van der Waals surface area contributed by atoms with Crippen molar-refractivity contribution in [2.24, 2.45) is 5.92 Å². The summed E-state index contributed by atoms with van der Waals surface area (Å²) in [7, 11) is 0. The summed E-state index contributed by atoms with van der Waals surface area (Å²) in [5, 5.41) is 9.03. The minimum Gasteiger partial charge on any atom is -0.478 e. The van der Waals surface area contributed by atoms with Crippen LogP contribution in [0.3, 0.4) is 0 Å². The molecule has 1 aromatic rings. The van der Waals surface area contributed by atoms with E-state index in [0.717, 1.165) is 0 Å². The normalized spacial score (nSPS) is 19.7. The number of hydrogen-bond acceptors (Lipinski definition) is 3. The molecule has 1 aromatic carbocycles. The van der Waals surface area contributed by atoms with Gasteiger partial charge in [-0.15, -0.1) is 0 Å². The van der Waals surface area contributed by atoms with Crippen molar-refractivity contribution in [2.45, 2.75) is 45.4 Å². The number of alkyl halides is 1. The summed E-state index contributed by atoms with van der Waals surface area (Å²) in [6.07, 6.45) is -0.394. The first-order chi connectivity index (χ1) is 11.2. The zero-order valence-electron chi connectivity index (χ0n) is 14.3. The van der Waals surface area contributed by atoms with Crippen LogP contribution in [0.5, 0.6) is 0 Å². The largest absolute Gasteiger partial charge is 0.478 e. The number of carbonyl (C=O) groups excluding carboxylic acids is 1. The molecule has 6 heteroatoms. The van der Waals surface area contributed by atoms with Crippen molar-refractivity contribution < 1.29 is 23.8 Å². The van der Waals surface area contributed by atoms with Crippen LogP contribution in [0.15, 0.2) is 24.3 Å². The van der Waals surface area contributed by atoms with Gasteiger partial charge in [0.15, 0.2) is 0 Å². The lowest BCUT2D eigenvalue weighted by molar-refractivity contribution is 0.0109. The Labute approximate surface area is 141 Å². The molecule has 2 rings (SSSR count). The Kier molecular flexibility index (Phi) is 5.47.